The lowest BCUT2D eigenvalue weighted by Gasteiger charge is -2.16. The molecule has 0 saturated carbocycles. The number of rotatable bonds is 2. The SMILES string of the molecule is CC(C)c1ccc(C(F)(F)F)c(S(C)=O)c1Cl. The monoisotopic (exact) mass is 284 g/mol. The van der Waals surface area contributed by atoms with Crippen molar-refractivity contribution >= 4 is 22.4 Å². The van der Waals surface area contributed by atoms with Gasteiger partial charge < -0.3 is 0 Å². The molecule has 0 aliphatic heterocycles. The minimum atomic E-state index is -4.54. The molecule has 1 aromatic carbocycles. The smallest absolute Gasteiger partial charge is 0.255 e. The molecule has 1 atom stereocenters. The largest absolute Gasteiger partial charge is 0.417 e. The van der Waals surface area contributed by atoms with Crippen molar-refractivity contribution in [1.82, 2.24) is 0 Å². The third-order valence-corrected chi connectivity index (χ3v) is 3.86. The van der Waals surface area contributed by atoms with E-state index in [2.05, 4.69) is 0 Å². The second kappa shape index (κ2) is 4.98. The molecule has 1 aromatic rings. The van der Waals surface area contributed by atoms with Gasteiger partial charge in [0, 0.05) is 6.26 Å². The van der Waals surface area contributed by atoms with E-state index in [1.807, 2.05) is 13.8 Å². The Kier molecular flexibility index (Phi) is 4.25. The summed E-state index contributed by atoms with van der Waals surface area (Å²) >= 11 is 5.92. The van der Waals surface area contributed by atoms with Gasteiger partial charge in [0.05, 0.1) is 26.3 Å². The van der Waals surface area contributed by atoms with Crippen LogP contribution in [0.25, 0.3) is 0 Å². The zero-order chi connectivity index (χ0) is 13.4. The predicted molar refractivity (Wildman–Crippen MR) is 62.9 cm³/mol. The van der Waals surface area contributed by atoms with Crippen LogP contribution in [0.4, 0.5) is 13.2 Å². The third-order valence-electron chi connectivity index (χ3n) is 2.34. The molecule has 0 fully saturated rings. The molecule has 0 saturated heterocycles. The summed E-state index contributed by atoms with van der Waals surface area (Å²) < 4.78 is 49.6. The summed E-state index contributed by atoms with van der Waals surface area (Å²) in [6.07, 6.45) is -3.35. The summed E-state index contributed by atoms with van der Waals surface area (Å²) in [7, 11) is -1.78. The second-order valence-corrected chi connectivity index (χ2v) is 5.65. The topological polar surface area (TPSA) is 17.1 Å². The first-order valence-electron chi connectivity index (χ1n) is 4.89. The zero-order valence-corrected chi connectivity index (χ0v) is 11.1. The molecular formula is C11H12ClF3OS. The molecule has 96 valence electrons. The fraction of sp³-hybridized carbons (Fsp3) is 0.455. The normalized spacial score (nSPS) is 14.1. The molecule has 1 unspecified atom stereocenters. The fourth-order valence-electron chi connectivity index (χ4n) is 1.52. The summed E-state index contributed by atoms with van der Waals surface area (Å²) in [6, 6.07) is 2.28. The van der Waals surface area contributed by atoms with Crippen molar-refractivity contribution in [1.29, 1.82) is 0 Å². The Bertz CT molecular complexity index is 455. The molecule has 0 heterocycles. The van der Waals surface area contributed by atoms with Gasteiger partial charge in [0.15, 0.2) is 0 Å². The zero-order valence-electron chi connectivity index (χ0n) is 9.56. The molecule has 0 spiro atoms. The van der Waals surface area contributed by atoms with Crippen LogP contribution in [0.3, 0.4) is 0 Å². The van der Waals surface area contributed by atoms with Crippen LogP contribution >= 0.6 is 11.6 Å². The van der Waals surface area contributed by atoms with E-state index in [9.17, 15) is 17.4 Å². The summed E-state index contributed by atoms with van der Waals surface area (Å²) in [5.41, 5.74) is -0.349. The van der Waals surface area contributed by atoms with Crippen LogP contribution in [0.1, 0.15) is 30.9 Å². The molecule has 0 radical (unpaired) electrons. The van der Waals surface area contributed by atoms with Gasteiger partial charge in [-0.15, -0.1) is 0 Å². The fourth-order valence-corrected chi connectivity index (χ4v) is 3.09. The first kappa shape index (κ1) is 14.5. The number of alkyl halides is 3. The van der Waals surface area contributed by atoms with E-state index in [0.717, 1.165) is 6.07 Å². The Hall–Kier alpha value is -0.550. The molecule has 0 amide bonds. The standard InChI is InChI=1S/C11H12ClF3OS/c1-6(2)7-4-5-8(11(13,14)15)10(9(7)12)17(3)16/h4-6H,1-3H3. The Labute approximate surface area is 105 Å². The number of hydrogen-bond acceptors (Lipinski definition) is 1. The van der Waals surface area contributed by atoms with Crippen molar-refractivity contribution < 1.29 is 17.4 Å². The highest BCUT2D eigenvalue weighted by molar-refractivity contribution is 7.84. The van der Waals surface area contributed by atoms with E-state index >= 15 is 0 Å². The van der Waals surface area contributed by atoms with Gasteiger partial charge in [0.1, 0.15) is 0 Å². The Morgan fingerprint density at radius 2 is 1.82 bits per heavy atom. The molecule has 0 aromatic heterocycles. The van der Waals surface area contributed by atoms with Crippen LogP contribution in [0.5, 0.6) is 0 Å². The van der Waals surface area contributed by atoms with Crippen molar-refractivity contribution in [3.05, 3.63) is 28.3 Å². The Balaban J connectivity index is 3.57. The van der Waals surface area contributed by atoms with Crippen LogP contribution in [0.15, 0.2) is 17.0 Å². The molecule has 1 rings (SSSR count). The van der Waals surface area contributed by atoms with Gasteiger partial charge in [-0.05, 0) is 17.5 Å². The summed E-state index contributed by atoms with van der Waals surface area (Å²) in [5, 5.41) is -0.0457. The summed E-state index contributed by atoms with van der Waals surface area (Å²) in [5.74, 6) is -0.0212. The molecule has 0 aliphatic carbocycles. The lowest BCUT2D eigenvalue weighted by Crippen LogP contribution is -2.11. The molecule has 0 aliphatic rings. The van der Waals surface area contributed by atoms with Crippen LogP contribution in [-0.4, -0.2) is 10.5 Å². The maximum Gasteiger partial charge on any atom is 0.417 e. The van der Waals surface area contributed by atoms with E-state index in [-0.39, 0.29) is 15.8 Å². The lowest BCUT2D eigenvalue weighted by atomic mass is 10.0. The maximum atomic E-state index is 12.7. The van der Waals surface area contributed by atoms with Gasteiger partial charge in [0.2, 0.25) is 0 Å². The number of hydrogen-bond donors (Lipinski definition) is 0. The highest BCUT2D eigenvalue weighted by atomic mass is 35.5. The average molecular weight is 285 g/mol. The molecule has 0 N–H and O–H groups in total. The molecule has 6 heteroatoms. The summed E-state index contributed by atoms with van der Waals surface area (Å²) in [4.78, 5) is -0.328. The molecule has 17 heavy (non-hydrogen) atoms. The van der Waals surface area contributed by atoms with E-state index in [1.165, 1.54) is 12.3 Å². The van der Waals surface area contributed by atoms with Gasteiger partial charge >= 0.3 is 6.18 Å². The minimum Gasteiger partial charge on any atom is -0.255 e. The average Bonchev–Trinajstić information content (AvgIpc) is 2.14. The van der Waals surface area contributed by atoms with Crippen molar-refractivity contribution in [2.75, 3.05) is 6.26 Å². The van der Waals surface area contributed by atoms with Gasteiger partial charge in [-0.2, -0.15) is 13.2 Å². The van der Waals surface area contributed by atoms with E-state index in [1.54, 1.807) is 0 Å². The highest BCUT2D eigenvalue weighted by Crippen LogP contribution is 2.39. The third kappa shape index (κ3) is 3.01. The molecular weight excluding hydrogens is 273 g/mol. The van der Waals surface area contributed by atoms with Gasteiger partial charge in [-0.1, -0.05) is 31.5 Å². The highest BCUT2D eigenvalue weighted by Gasteiger charge is 2.36. The van der Waals surface area contributed by atoms with Crippen molar-refractivity contribution in [3.8, 4) is 0 Å². The quantitative estimate of drug-likeness (QED) is 0.795. The Morgan fingerprint density at radius 3 is 2.18 bits per heavy atom. The van der Waals surface area contributed by atoms with E-state index in [4.69, 9.17) is 11.6 Å². The van der Waals surface area contributed by atoms with Gasteiger partial charge in [-0.3, -0.25) is 4.21 Å². The predicted octanol–water partition coefficient (Wildman–Crippen LogP) is 4.22. The van der Waals surface area contributed by atoms with Crippen LogP contribution < -0.4 is 0 Å². The van der Waals surface area contributed by atoms with Crippen LogP contribution in [0.2, 0.25) is 5.02 Å². The summed E-state index contributed by atoms with van der Waals surface area (Å²) in [6.45, 7) is 3.63. The van der Waals surface area contributed by atoms with Crippen LogP contribution in [-0.2, 0) is 17.0 Å². The van der Waals surface area contributed by atoms with E-state index in [0.29, 0.717) is 5.56 Å². The number of halogens is 4. The lowest BCUT2D eigenvalue weighted by molar-refractivity contribution is -0.139. The van der Waals surface area contributed by atoms with Crippen molar-refractivity contribution in [3.63, 3.8) is 0 Å². The molecule has 0 bridgehead atoms. The first-order valence-corrected chi connectivity index (χ1v) is 6.83. The van der Waals surface area contributed by atoms with Crippen LogP contribution in [0, 0.1) is 0 Å². The van der Waals surface area contributed by atoms with Crippen molar-refractivity contribution in [2.45, 2.75) is 30.8 Å². The van der Waals surface area contributed by atoms with Gasteiger partial charge in [0.25, 0.3) is 0 Å². The first-order chi connectivity index (χ1) is 7.66. The van der Waals surface area contributed by atoms with E-state index < -0.39 is 22.5 Å². The van der Waals surface area contributed by atoms with Crippen molar-refractivity contribution in [2.24, 2.45) is 0 Å². The van der Waals surface area contributed by atoms with Gasteiger partial charge in [-0.25, -0.2) is 0 Å². The Morgan fingerprint density at radius 1 is 1.29 bits per heavy atom. The second-order valence-electron chi connectivity index (χ2n) is 3.95. The minimum absolute atomic E-state index is 0.0212. The maximum absolute atomic E-state index is 12.7. The molecule has 1 nitrogen and oxygen atoms in total. The number of benzene rings is 1.